The zero-order chi connectivity index (χ0) is 39.1. The minimum atomic E-state index is -4.64. The van der Waals surface area contributed by atoms with Crippen molar-refractivity contribution in [2.45, 2.75) is 116 Å². The van der Waals surface area contributed by atoms with Gasteiger partial charge in [-0.2, -0.15) is 0 Å². The molecule has 0 aromatic heterocycles. The maximum Gasteiger partial charge on any atom is 0.472 e. The average Bonchev–Trinajstić information content (AvgIpc) is 3.14. The third-order valence-corrected chi connectivity index (χ3v) is 7.97. The molecule has 53 heavy (non-hydrogen) atoms. The van der Waals surface area contributed by atoms with Crippen LogP contribution in [0.3, 0.4) is 0 Å². The van der Waals surface area contributed by atoms with Crippen LogP contribution < -0.4 is 0 Å². The first-order valence-corrected chi connectivity index (χ1v) is 20.4. The number of carbonyl (C=O) groups is 2. The molecule has 0 saturated carbocycles. The van der Waals surface area contributed by atoms with Gasteiger partial charge in [-0.1, -0.05) is 130 Å². The van der Waals surface area contributed by atoms with Crippen molar-refractivity contribution in [2.24, 2.45) is 0 Å². The number of unbranched alkanes of at least 4 members (excludes halogenated alkanes) is 4. The molecule has 0 aliphatic heterocycles. The number of allylic oxidation sites excluding steroid dienone is 18. The van der Waals surface area contributed by atoms with E-state index in [4.69, 9.17) is 19.1 Å². The lowest BCUT2D eigenvalue weighted by molar-refractivity contribution is -0.161. The molecule has 0 spiro atoms. The Morgan fingerprint density at radius 2 is 1.09 bits per heavy atom. The van der Waals surface area contributed by atoms with Gasteiger partial charge < -0.3 is 24.6 Å². The van der Waals surface area contributed by atoms with Gasteiger partial charge in [-0.3, -0.25) is 18.6 Å². The van der Waals surface area contributed by atoms with Crippen LogP contribution in [0, 0.1) is 0 Å². The lowest BCUT2D eigenvalue weighted by Gasteiger charge is -2.20. The van der Waals surface area contributed by atoms with Crippen LogP contribution in [0.15, 0.2) is 109 Å². The summed E-state index contributed by atoms with van der Waals surface area (Å²) in [5, 5.41) is 18.3. The molecule has 2 unspecified atom stereocenters. The summed E-state index contributed by atoms with van der Waals surface area (Å²) in [6.07, 6.45) is 45.0. The molecule has 0 aromatic carbocycles. The summed E-state index contributed by atoms with van der Waals surface area (Å²) in [6, 6.07) is 0. The SMILES string of the molecule is CC/C=C/C=C/C=C/C=C/CCCCCC(=O)OC(COC(=O)CCC/C=C/C/C=C/C/C=C/C/C=C/C/C=C/CC)COP(=O)(O)OC[C@@H](O)CO. The van der Waals surface area contributed by atoms with Crippen LogP contribution in [0.4, 0.5) is 0 Å². The van der Waals surface area contributed by atoms with Crippen LogP contribution in [-0.2, 0) is 32.7 Å². The standard InChI is InChI=1S/C42H65O10P/c1-3-5-7-9-11-13-15-17-18-19-20-22-23-25-27-29-31-33-41(45)49-37-40(38-51-53(47,48)50-36-39(44)35-43)52-42(46)34-32-30-28-26-24-21-16-14-12-10-8-6-4-2/h5-8,10-14,16-18,20-22,24-25,27,39-40,43-44H,3-4,9,15,19,23,26,28-38H2,1-2H3,(H,47,48)/b7-5+,8-6+,12-10+,13-11+,16-14+,18-17+,22-20+,24-21+,27-25+/t39-,40?/m0/s1. The zero-order valence-electron chi connectivity index (χ0n) is 31.9. The topological polar surface area (TPSA) is 149 Å². The molecule has 0 fully saturated rings. The summed E-state index contributed by atoms with van der Waals surface area (Å²) in [4.78, 5) is 34.8. The van der Waals surface area contributed by atoms with Crippen molar-refractivity contribution in [1.29, 1.82) is 0 Å². The molecular weight excluding hydrogens is 695 g/mol. The van der Waals surface area contributed by atoms with Gasteiger partial charge in [0, 0.05) is 12.8 Å². The molecule has 11 heteroatoms. The Bertz CT molecular complexity index is 1240. The predicted molar refractivity (Wildman–Crippen MR) is 214 cm³/mol. The van der Waals surface area contributed by atoms with Crippen LogP contribution in [-0.4, -0.2) is 65.7 Å². The first-order valence-electron chi connectivity index (χ1n) is 18.9. The highest BCUT2D eigenvalue weighted by atomic mass is 31.2. The molecule has 0 saturated heterocycles. The van der Waals surface area contributed by atoms with Gasteiger partial charge in [-0.25, -0.2) is 4.57 Å². The van der Waals surface area contributed by atoms with Gasteiger partial charge in [-0.15, -0.1) is 0 Å². The molecule has 298 valence electrons. The number of phosphoric ester groups is 1. The molecule has 3 atom stereocenters. The Labute approximate surface area is 318 Å². The first-order chi connectivity index (χ1) is 25.7. The van der Waals surface area contributed by atoms with Gasteiger partial charge in [0.25, 0.3) is 0 Å². The minimum absolute atomic E-state index is 0.118. The summed E-state index contributed by atoms with van der Waals surface area (Å²) >= 11 is 0. The fourth-order valence-corrected chi connectivity index (χ4v) is 4.94. The number of esters is 2. The highest BCUT2D eigenvalue weighted by molar-refractivity contribution is 7.47. The Kier molecular flexibility index (Phi) is 34.6. The molecule has 3 N–H and O–H groups in total. The van der Waals surface area contributed by atoms with E-state index in [0.717, 1.165) is 57.8 Å². The Hall–Kier alpha value is -3.37. The van der Waals surface area contributed by atoms with E-state index >= 15 is 0 Å². The van der Waals surface area contributed by atoms with Gasteiger partial charge in [0.05, 0.1) is 19.8 Å². The van der Waals surface area contributed by atoms with E-state index in [1.165, 1.54) is 0 Å². The van der Waals surface area contributed by atoms with E-state index in [1.54, 1.807) is 0 Å². The molecule has 0 rings (SSSR count). The second kappa shape index (κ2) is 37.0. The van der Waals surface area contributed by atoms with Gasteiger partial charge in [0.15, 0.2) is 6.10 Å². The van der Waals surface area contributed by atoms with E-state index in [9.17, 15) is 24.2 Å². The van der Waals surface area contributed by atoms with Gasteiger partial charge in [0.1, 0.15) is 12.7 Å². The number of carbonyl (C=O) groups excluding carboxylic acids is 2. The number of hydrogen-bond donors (Lipinski definition) is 3. The maximum atomic E-state index is 12.5. The molecule has 0 radical (unpaired) electrons. The Morgan fingerprint density at radius 3 is 1.70 bits per heavy atom. The lowest BCUT2D eigenvalue weighted by Crippen LogP contribution is -2.29. The molecule has 0 bridgehead atoms. The molecule has 10 nitrogen and oxygen atoms in total. The Morgan fingerprint density at radius 1 is 0.585 bits per heavy atom. The second-order valence-electron chi connectivity index (χ2n) is 11.9. The van der Waals surface area contributed by atoms with E-state index < -0.39 is 51.8 Å². The van der Waals surface area contributed by atoms with Crippen molar-refractivity contribution in [2.75, 3.05) is 26.4 Å². The monoisotopic (exact) mass is 760 g/mol. The normalized spacial score (nSPS) is 15.2. The van der Waals surface area contributed by atoms with E-state index in [2.05, 4.69) is 79.1 Å². The van der Waals surface area contributed by atoms with Crippen LogP contribution in [0.2, 0.25) is 0 Å². The third-order valence-electron chi connectivity index (χ3n) is 7.02. The number of rotatable bonds is 33. The number of hydrogen-bond acceptors (Lipinski definition) is 9. The zero-order valence-corrected chi connectivity index (χ0v) is 32.8. The van der Waals surface area contributed by atoms with Gasteiger partial charge in [0.2, 0.25) is 0 Å². The lowest BCUT2D eigenvalue weighted by atomic mass is 10.1. The second-order valence-corrected chi connectivity index (χ2v) is 13.4. The van der Waals surface area contributed by atoms with Crippen molar-refractivity contribution in [3.05, 3.63) is 109 Å². The summed E-state index contributed by atoms with van der Waals surface area (Å²) in [5.74, 6) is -1.06. The Balaban J connectivity index is 4.56. The van der Waals surface area contributed by atoms with Crippen LogP contribution in [0.25, 0.3) is 0 Å². The fourth-order valence-electron chi connectivity index (χ4n) is 4.15. The van der Waals surface area contributed by atoms with Crippen molar-refractivity contribution in [3.63, 3.8) is 0 Å². The van der Waals surface area contributed by atoms with Gasteiger partial charge in [-0.05, 0) is 70.6 Å². The van der Waals surface area contributed by atoms with Crippen LogP contribution in [0.1, 0.15) is 104 Å². The molecule has 0 heterocycles. The summed E-state index contributed by atoms with van der Waals surface area (Å²) in [5.41, 5.74) is 0. The van der Waals surface area contributed by atoms with Crippen LogP contribution in [0.5, 0.6) is 0 Å². The fraction of sp³-hybridized carbons (Fsp3) is 0.524. The smallest absolute Gasteiger partial charge is 0.462 e. The number of ether oxygens (including phenoxy) is 2. The first kappa shape index (κ1) is 49.6. The summed E-state index contributed by atoms with van der Waals surface area (Å²) in [7, 11) is -4.64. The largest absolute Gasteiger partial charge is 0.472 e. The number of aliphatic hydroxyl groups excluding tert-OH is 2. The highest BCUT2D eigenvalue weighted by Crippen LogP contribution is 2.43. The summed E-state index contributed by atoms with van der Waals surface area (Å²) in [6.45, 7) is 1.96. The maximum absolute atomic E-state index is 12.5. The van der Waals surface area contributed by atoms with Crippen molar-refractivity contribution >= 4 is 19.8 Å². The molecule has 0 aliphatic carbocycles. The number of phosphoric acid groups is 1. The molecule has 0 aromatic rings. The highest BCUT2D eigenvalue weighted by Gasteiger charge is 2.27. The van der Waals surface area contributed by atoms with E-state index in [-0.39, 0.29) is 19.4 Å². The van der Waals surface area contributed by atoms with E-state index in [1.807, 2.05) is 48.6 Å². The molecule has 0 aliphatic rings. The van der Waals surface area contributed by atoms with Crippen molar-refractivity contribution in [3.8, 4) is 0 Å². The van der Waals surface area contributed by atoms with Crippen LogP contribution >= 0.6 is 7.82 Å². The molecular formula is C42H65O10P. The predicted octanol–water partition coefficient (Wildman–Crippen LogP) is 9.44. The van der Waals surface area contributed by atoms with Gasteiger partial charge >= 0.3 is 19.8 Å². The van der Waals surface area contributed by atoms with Crippen molar-refractivity contribution in [1.82, 2.24) is 0 Å². The third kappa shape index (κ3) is 36.8. The number of aliphatic hydroxyl groups is 2. The minimum Gasteiger partial charge on any atom is -0.462 e. The summed E-state index contributed by atoms with van der Waals surface area (Å²) < 4.78 is 32.5. The molecule has 0 amide bonds. The quantitative estimate of drug-likeness (QED) is 0.0194. The van der Waals surface area contributed by atoms with Crippen molar-refractivity contribution < 1.29 is 47.8 Å². The van der Waals surface area contributed by atoms with E-state index in [0.29, 0.717) is 19.3 Å². The average molecular weight is 761 g/mol.